The zero-order chi connectivity index (χ0) is 51.4. The first kappa shape index (κ1) is 48.2. The Bertz CT molecular complexity index is 3780. The van der Waals surface area contributed by atoms with E-state index in [1.165, 1.54) is 22.3 Å². The van der Waals surface area contributed by atoms with Gasteiger partial charge in [-0.2, -0.15) is 0 Å². The van der Waals surface area contributed by atoms with Gasteiger partial charge in [-0.05, 0) is 147 Å². The predicted molar refractivity (Wildman–Crippen MR) is 300 cm³/mol. The van der Waals surface area contributed by atoms with Crippen molar-refractivity contribution in [2.45, 2.75) is 91.9 Å². The maximum absolute atomic E-state index is 14.6. The Morgan fingerprint density at radius 1 is 0.473 bits per heavy atom. The Morgan fingerprint density at radius 2 is 0.986 bits per heavy atom. The summed E-state index contributed by atoms with van der Waals surface area (Å²) in [6.07, 6.45) is -1.29. The lowest BCUT2D eigenvalue weighted by Gasteiger charge is -2.25. The number of imidazole rings is 2. The van der Waals surface area contributed by atoms with Crippen molar-refractivity contribution < 1.29 is 17.9 Å². The molecule has 8 heteroatoms. The number of benzene rings is 8. The average Bonchev–Trinajstić information content (AvgIpc) is 4.16. The molecular formula is C66H60F2N4O2. The third-order valence-electron chi connectivity index (χ3n) is 14.3. The fraction of sp³-hybridized carbons (Fsp3) is 0.212. The first-order valence-electron chi connectivity index (χ1n) is 25.9. The summed E-state index contributed by atoms with van der Waals surface area (Å²) in [4.78, 5) is 10.7. The molecule has 6 nitrogen and oxygen atoms in total. The van der Waals surface area contributed by atoms with Gasteiger partial charge in [-0.1, -0.05) is 152 Å². The number of ether oxygens (including phenoxy) is 1. The third-order valence-corrected chi connectivity index (χ3v) is 14.3. The van der Waals surface area contributed by atoms with Crippen LogP contribution in [-0.2, 0) is 6.42 Å². The van der Waals surface area contributed by atoms with Gasteiger partial charge in [-0.3, -0.25) is 9.13 Å². The molecule has 11 aromatic rings. The van der Waals surface area contributed by atoms with Crippen LogP contribution in [0.25, 0.3) is 89.4 Å². The van der Waals surface area contributed by atoms with Gasteiger partial charge in [-0.25, -0.2) is 18.7 Å². The molecule has 0 spiro atoms. The van der Waals surface area contributed by atoms with Crippen molar-refractivity contribution in [1.82, 2.24) is 19.1 Å². The molecule has 0 atom stereocenters. The standard InChI is InChI=1S/C66H60F2N4O2/c1-39(2)52-33-48(43-19-11-9-12-20-43)34-53(40(3)4)62(52)71-58-28-16-15-26-56(58)69-65(71)47-24-17-25-51(32-47)74-59-37-50(31-46-29-30-73-64(46)59)66-70-57-27-18-23-45(38-60(67)68)61(57)72(66)63-54(41(5)6)35-49(36-55(63)42(7)8)44-21-13-10-14-22-44/h9-37,39-42,60H,38H2,1-8H3. The van der Waals surface area contributed by atoms with Crippen LogP contribution in [0.5, 0.6) is 11.5 Å². The number of hydrogen-bond acceptors (Lipinski definition) is 4. The maximum Gasteiger partial charge on any atom is 0.242 e. The second kappa shape index (κ2) is 19.7. The zero-order valence-corrected chi connectivity index (χ0v) is 43.2. The number of nitrogens with zero attached hydrogens (tertiary/aromatic N) is 4. The summed E-state index contributed by atoms with van der Waals surface area (Å²) in [5.74, 6) is 3.10. The molecule has 0 aliphatic carbocycles. The van der Waals surface area contributed by atoms with Gasteiger partial charge in [0.1, 0.15) is 17.4 Å². The van der Waals surface area contributed by atoms with Gasteiger partial charge in [0.25, 0.3) is 0 Å². The van der Waals surface area contributed by atoms with Crippen LogP contribution >= 0.6 is 0 Å². The Hall–Kier alpha value is -8.10. The molecule has 370 valence electrons. The van der Waals surface area contributed by atoms with Crippen LogP contribution in [-0.4, -0.2) is 25.5 Å². The Labute approximate surface area is 432 Å². The second-order valence-electron chi connectivity index (χ2n) is 20.7. The molecule has 0 N–H and O–H groups in total. The smallest absolute Gasteiger partial charge is 0.242 e. The van der Waals surface area contributed by atoms with Gasteiger partial charge < -0.3 is 9.15 Å². The van der Waals surface area contributed by atoms with Crippen LogP contribution in [0.4, 0.5) is 8.78 Å². The molecule has 0 saturated heterocycles. The summed E-state index contributed by atoms with van der Waals surface area (Å²) in [7, 11) is 0. The van der Waals surface area contributed by atoms with E-state index in [0.717, 1.165) is 67.0 Å². The monoisotopic (exact) mass is 978 g/mol. The molecule has 3 aromatic heterocycles. The van der Waals surface area contributed by atoms with Crippen LogP contribution in [0, 0.1) is 0 Å². The second-order valence-corrected chi connectivity index (χ2v) is 20.7. The van der Waals surface area contributed by atoms with Crippen molar-refractivity contribution in [2.24, 2.45) is 0 Å². The Kier molecular flexibility index (Phi) is 12.8. The summed E-state index contributed by atoms with van der Waals surface area (Å²) in [6, 6.07) is 58.2. The van der Waals surface area contributed by atoms with E-state index in [1.807, 2.05) is 54.6 Å². The fourth-order valence-corrected chi connectivity index (χ4v) is 10.7. The van der Waals surface area contributed by atoms with E-state index in [4.69, 9.17) is 19.1 Å². The lowest BCUT2D eigenvalue weighted by molar-refractivity contribution is 0.149. The number of furan rings is 1. The summed E-state index contributed by atoms with van der Waals surface area (Å²) < 4.78 is 46.8. The van der Waals surface area contributed by atoms with E-state index in [1.54, 1.807) is 12.3 Å². The minimum absolute atomic E-state index is 0.0806. The molecule has 0 radical (unpaired) electrons. The molecule has 3 heterocycles. The first-order chi connectivity index (χ1) is 35.8. The van der Waals surface area contributed by atoms with E-state index >= 15 is 0 Å². The van der Waals surface area contributed by atoms with Gasteiger partial charge in [-0.15, -0.1) is 0 Å². The highest BCUT2D eigenvalue weighted by Gasteiger charge is 2.28. The van der Waals surface area contributed by atoms with Crippen molar-refractivity contribution in [3.63, 3.8) is 0 Å². The van der Waals surface area contributed by atoms with E-state index in [2.05, 4.69) is 174 Å². The lowest BCUT2D eigenvalue weighted by atomic mass is 9.88. The highest BCUT2D eigenvalue weighted by molar-refractivity contribution is 5.93. The molecule has 11 rings (SSSR count). The van der Waals surface area contributed by atoms with Crippen molar-refractivity contribution in [3.8, 4) is 67.9 Å². The van der Waals surface area contributed by atoms with Gasteiger partial charge in [0.2, 0.25) is 6.43 Å². The Morgan fingerprint density at radius 3 is 1.58 bits per heavy atom. The minimum Gasteiger partial charge on any atom is -0.460 e. The van der Waals surface area contributed by atoms with Crippen molar-refractivity contribution >= 4 is 33.0 Å². The summed E-state index contributed by atoms with van der Waals surface area (Å²) in [5.41, 5.74) is 17.3. The van der Waals surface area contributed by atoms with Crippen molar-refractivity contribution in [1.29, 1.82) is 0 Å². The first-order valence-corrected chi connectivity index (χ1v) is 25.9. The number of halogens is 2. The quantitative estimate of drug-likeness (QED) is 0.109. The van der Waals surface area contributed by atoms with Crippen LogP contribution in [0.3, 0.4) is 0 Å². The van der Waals surface area contributed by atoms with Crippen LogP contribution in [0.1, 0.15) is 107 Å². The number of fused-ring (bicyclic) bond motifs is 3. The van der Waals surface area contributed by atoms with Crippen LogP contribution in [0.2, 0.25) is 0 Å². The molecule has 74 heavy (non-hydrogen) atoms. The molecule has 0 fully saturated rings. The van der Waals surface area contributed by atoms with Gasteiger partial charge in [0.15, 0.2) is 11.3 Å². The number of hydrogen-bond donors (Lipinski definition) is 0. The van der Waals surface area contributed by atoms with E-state index < -0.39 is 12.8 Å². The van der Waals surface area contributed by atoms with Crippen molar-refractivity contribution in [3.05, 3.63) is 204 Å². The van der Waals surface area contributed by atoms with Crippen molar-refractivity contribution in [2.75, 3.05) is 0 Å². The average molecular weight is 979 g/mol. The molecule has 8 aromatic carbocycles. The highest BCUT2D eigenvalue weighted by Crippen LogP contribution is 2.45. The molecule has 0 amide bonds. The SMILES string of the molecule is CC(C)c1cc(-c2ccccc2)cc(C(C)C)c1-n1c(-c2cccc(Oc3cc(-c4nc5cccc(CC(F)F)c5n4-c4c(C(C)C)cc(-c5ccccc5)cc4C(C)C)cc4ccoc34)c2)nc2ccccc21. The summed E-state index contributed by atoms with van der Waals surface area (Å²) in [5, 5.41) is 0.816. The zero-order valence-electron chi connectivity index (χ0n) is 43.2. The summed E-state index contributed by atoms with van der Waals surface area (Å²) in [6.45, 7) is 17.8. The number of rotatable bonds is 14. The van der Waals surface area contributed by atoms with Crippen LogP contribution in [0.15, 0.2) is 181 Å². The number of aromatic nitrogens is 4. The minimum atomic E-state index is -2.55. The molecule has 0 aliphatic rings. The van der Waals surface area contributed by atoms with Gasteiger partial charge in [0, 0.05) is 22.9 Å². The molecule has 0 bridgehead atoms. The highest BCUT2D eigenvalue weighted by atomic mass is 19.3. The van der Waals surface area contributed by atoms with E-state index in [-0.39, 0.29) is 23.7 Å². The van der Waals surface area contributed by atoms with Crippen LogP contribution < -0.4 is 4.74 Å². The van der Waals surface area contributed by atoms with Gasteiger partial charge in [0.05, 0.1) is 39.7 Å². The van der Waals surface area contributed by atoms with E-state index in [9.17, 15) is 8.78 Å². The molecule has 0 unspecified atom stereocenters. The predicted octanol–water partition coefficient (Wildman–Crippen LogP) is 18.9. The van der Waals surface area contributed by atoms with Gasteiger partial charge >= 0.3 is 0 Å². The third kappa shape index (κ3) is 8.86. The molecular weight excluding hydrogens is 919 g/mol. The maximum atomic E-state index is 14.6. The lowest BCUT2D eigenvalue weighted by Crippen LogP contribution is -2.11. The molecule has 0 saturated carbocycles. The summed E-state index contributed by atoms with van der Waals surface area (Å²) >= 11 is 0. The fourth-order valence-electron chi connectivity index (χ4n) is 10.7. The Balaban J connectivity index is 1.08. The topological polar surface area (TPSA) is 58.0 Å². The molecule has 0 aliphatic heterocycles. The largest absolute Gasteiger partial charge is 0.460 e. The number of para-hydroxylation sites is 3. The number of alkyl halides is 2. The normalized spacial score (nSPS) is 12.0. The van der Waals surface area contributed by atoms with E-state index in [0.29, 0.717) is 39.5 Å².